The van der Waals surface area contributed by atoms with E-state index in [2.05, 4.69) is 26.3 Å². The van der Waals surface area contributed by atoms with Gasteiger partial charge in [0.15, 0.2) is 14.6 Å². The minimum Gasteiger partial charge on any atom is -0.319 e. The van der Waals surface area contributed by atoms with Crippen LogP contribution in [0.3, 0.4) is 0 Å². The molecule has 0 unspecified atom stereocenters. The maximum Gasteiger partial charge on any atom is 0.263 e. The van der Waals surface area contributed by atoms with Crippen LogP contribution in [0.4, 0.5) is 0 Å². The minimum atomic E-state index is -3.62. The Morgan fingerprint density at radius 1 is 1.11 bits per heavy atom. The van der Waals surface area contributed by atoms with Crippen molar-refractivity contribution < 1.29 is 17.7 Å². The summed E-state index contributed by atoms with van der Waals surface area (Å²) in [4.78, 5) is 13.2. The van der Waals surface area contributed by atoms with E-state index in [0.717, 1.165) is 24.8 Å². The number of nitrogens with one attached hydrogen (secondary N) is 1. The predicted octanol–water partition coefficient (Wildman–Crippen LogP) is 4.40. The number of rotatable bonds is 7. The van der Waals surface area contributed by atoms with Gasteiger partial charge in [0.2, 0.25) is 8.32 Å². The van der Waals surface area contributed by atoms with Gasteiger partial charge in [0, 0.05) is 0 Å². The average molecular weight is 426 g/mol. The van der Waals surface area contributed by atoms with Gasteiger partial charge in [-0.1, -0.05) is 70.4 Å². The summed E-state index contributed by atoms with van der Waals surface area (Å²) in [6.45, 7) is 10.3. The van der Waals surface area contributed by atoms with Crippen LogP contribution in [-0.2, 0) is 25.6 Å². The SMILES string of the molecule is CC(C)(C)[Si](C)(C)ONC(=O)C1(S(=O)(=O)CCc2ccccc2)CCCCC1. The van der Waals surface area contributed by atoms with Crippen LogP contribution in [0.15, 0.2) is 30.3 Å². The third kappa shape index (κ3) is 5.05. The van der Waals surface area contributed by atoms with Gasteiger partial charge in [0.1, 0.15) is 0 Å². The van der Waals surface area contributed by atoms with Crippen LogP contribution in [-0.4, -0.2) is 33.1 Å². The first-order valence-electron chi connectivity index (χ1n) is 10.2. The Morgan fingerprint density at radius 3 is 2.21 bits per heavy atom. The van der Waals surface area contributed by atoms with Crippen LogP contribution in [0, 0.1) is 0 Å². The molecule has 0 aliphatic heterocycles. The summed E-state index contributed by atoms with van der Waals surface area (Å²) in [5.74, 6) is -0.505. The lowest BCUT2D eigenvalue weighted by atomic mass is 9.88. The fourth-order valence-electron chi connectivity index (χ4n) is 3.31. The lowest BCUT2D eigenvalue weighted by Crippen LogP contribution is -2.57. The lowest BCUT2D eigenvalue weighted by Gasteiger charge is -2.39. The van der Waals surface area contributed by atoms with E-state index in [1.807, 2.05) is 43.4 Å². The van der Waals surface area contributed by atoms with Crippen molar-refractivity contribution >= 4 is 24.1 Å². The van der Waals surface area contributed by atoms with Crippen LogP contribution in [0.5, 0.6) is 0 Å². The van der Waals surface area contributed by atoms with Gasteiger partial charge < -0.3 is 4.53 Å². The monoisotopic (exact) mass is 425 g/mol. The summed E-state index contributed by atoms with van der Waals surface area (Å²) in [5, 5.41) is -0.0772. The Hall–Kier alpha value is -1.18. The van der Waals surface area contributed by atoms with Crippen LogP contribution in [0.2, 0.25) is 18.1 Å². The van der Waals surface area contributed by atoms with E-state index in [9.17, 15) is 13.2 Å². The zero-order chi connectivity index (χ0) is 21.1. The van der Waals surface area contributed by atoms with Crippen molar-refractivity contribution in [2.75, 3.05) is 5.75 Å². The van der Waals surface area contributed by atoms with E-state index in [-0.39, 0.29) is 10.8 Å². The highest BCUT2D eigenvalue weighted by Crippen LogP contribution is 2.38. The normalized spacial score (nSPS) is 17.9. The van der Waals surface area contributed by atoms with E-state index in [0.29, 0.717) is 19.3 Å². The third-order valence-electron chi connectivity index (χ3n) is 6.38. The van der Waals surface area contributed by atoms with Crippen molar-refractivity contribution in [2.24, 2.45) is 0 Å². The number of hydroxylamine groups is 1. The van der Waals surface area contributed by atoms with E-state index in [1.54, 1.807) is 0 Å². The van der Waals surface area contributed by atoms with Gasteiger partial charge in [-0.25, -0.2) is 13.9 Å². The zero-order valence-corrected chi connectivity index (χ0v) is 19.7. The van der Waals surface area contributed by atoms with Crippen LogP contribution < -0.4 is 5.48 Å². The van der Waals surface area contributed by atoms with E-state index < -0.39 is 28.8 Å². The second-order valence-electron chi connectivity index (χ2n) is 9.40. The molecule has 0 saturated heterocycles. The zero-order valence-electron chi connectivity index (χ0n) is 17.9. The average Bonchev–Trinajstić information content (AvgIpc) is 2.65. The van der Waals surface area contributed by atoms with Crippen LogP contribution in [0.25, 0.3) is 0 Å². The molecule has 158 valence electrons. The van der Waals surface area contributed by atoms with Crippen molar-refractivity contribution in [3.8, 4) is 0 Å². The Labute approximate surface area is 171 Å². The molecule has 1 aliphatic carbocycles. The summed E-state index contributed by atoms with van der Waals surface area (Å²) in [5.41, 5.74) is 3.56. The Kier molecular flexibility index (Phi) is 7.15. The van der Waals surface area contributed by atoms with Crippen molar-refractivity contribution in [1.29, 1.82) is 0 Å². The van der Waals surface area contributed by atoms with Gasteiger partial charge in [0.25, 0.3) is 5.91 Å². The van der Waals surface area contributed by atoms with E-state index in [4.69, 9.17) is 4.53 Å². The predicted molar refractivity (Wildman–Crippen MR) is 116 cm³/mol. The summed E-state index contributed by atoms with van der Waals surface area (Å²) in [6.07, 6.45) is 3.62. The van der Waals surface area contributed by atoms with Gasteiger partial charge in [-0.3, -0.25) is 4.79 Å². The van der Waals surface area contributed by atoms with Gasteiger partial charge in [-0.2, -0.15) is 0 Å². The number of carbonyl (C=O) groups is 1. The fourth-order valence-corrected chi connectivity index (χ4v) is 6.10. The molecule has 1 aromatic rings. The number of aryl methyl sites for hydroxylation is 1. The van der Waals surface area contributed by atoms with Gasteiger partial charge in [0.05, 0.1) is 5.75 Å². The molecule has 0 aromatic heterocycles. The minimum absolute atomic E-state index is 0.0233. The van der Waals surface area contributed by atoms with Crippen LogP contribution >= 0.6 is 0 Å². The number of sulfone groups is 1. The summed E-state index contributed by atoms with van der Waals surface area (Å²) >= 11 is 0. The Balaban J connectivity index is 2.19. The molecule has 0 radical (unpaired) electrons. The first-order valence-corrected chi connectivity index (χ1v) is 14.7. The fraction of sp³-hybridized carbons (Fsp3) is 0.667. The molecule has 0 spiro atoms. The molecule has 0 atom stereocenters. The van der Waals surface area contributed by atoms with Crippen molar-refractivity contribution in [3.63, 3.8) is 0 Å². The molecular weight excluding hydrogens is 390 g/mol. The first kappa shape index (κ1) is 23.1. The third-order valence-corrected chi connectivity index (χ3v) is 13.1. The molecule has 1 N–H and O–H groups in total. The van der Waals surface area contributed by atoms with Gasteiger partial charge in [-0.05, 0) is 43.0 Å². The largest absolute Gasteiger partial charge is 0.319 e. The van der Waals surface area contributed by atoms with Crippen molar-refractivity contribution in [1.82, 2.24) is 5.48 Å². The number of benzene rings is 1. The second-order valence-corrected chi connectivity index (χ2v) is 16.5. The smallest absolute Gasteiger partial charge is 0.263 e. The lowest BCUT2D eigenvalue weighted by molar-refractivity contribution is -0.131. The van der Waals surface area contributed by atoms with Gasteiger partial charge in [-0.15, -0.1) is 0 Å². The van der Waals surface area contributed by atoms with Crippen molar-refractivity contribution in [2.45, 2.75) is 82.2 Å². The van der Waals surface area contributed by atoms with E-state index >= 15 is 0 Å². The van der Waals surface area contributed by atoms with E-state index in [1.165, 1.54) is 0 Å². The quantitative estimate of drug-likeness (QED) is 0.519. The molecule has 0 heterocycles. The topological polar surface area (TPSA) is 72.5 Å². The number of carbonyl (C=O) groups excluding carboxylic acids is 1. The molecular formula is C21H35NO4SSi. The number of amides is 1. The maximum atomic E-state index is 13.3. The molecule has 2 rings (SSSR count). The molecule has 1 amide bonds. The van der Waals surface area contributed by atoms with Gasteiger partial charge >= 0.3 is 0 Å². The molecule has 1 fully saturated rings. The number of hydrogen-bond acceptors (Lipinski definition) is 4. The molecule has 1 aliphatic rings. The first-order chi connectivity index (χ1) is 12.9. The highest BCUT2D eigenvalue weighted by molar-refractivity contribution is 7.93. The summed E-state index contributed by atoms with van der Waals surface area (Å²) in [6, 6.07) is 9.55. The molecule has 1 saturated carbocycles. The standard InChI is InChI=1S/C21H35NO4SSi/c1-20(2,3)28(4,5)26-22-19(23)21(15-10-7-11-16-21)27(24,25)17-14-18-12-8-6-9-13-18/h6,8-9,12-13H,7,10-11,14-17H2,1-5H3,(H,22,23). The highest BCUT2D eigenvalue weighted by atomic mass is 32.2. The Morgan fingerprint density at radius 2 is 1.68 bits per heavy atom. The maximum absolute atomic E-state index is 13.3. The highest BCUT2D eigenvalue weighted by Gasteiger charge is 2.51. The Bertz CT molecular complexity index is 763. The number of hydrogen-bond donors (Lipinski definition) is 1. The molecule has 28 heavy (non-hydrogen) atoms. The van der Waals surface area contributed by atoms with Crippen LogP contribution in [0.1, 0.15) is 58.4 Å². The molecule has 7 heteroatoms. The molecule has 0 bridgehead atoms. The second kappa shape index (κ2) is 8.67. The molecule has 1 aromatic carbocycles. The summed E-state index contributed by atoms with van der Waals surface area (Å²) < 4.78 is 31.2. The molecule has 5 nitrogen and oxygen atoms in total. The summed E-state index contributed by atoms with van der Waals surface area (Å²) in [7, 11) is -5.84. The van der Waals surface area contributed by atoms with Crippen molar-refractivity contribution in [3.05, 3.63) is 35.9 Å².